The van der Waals surface area contributed by atoms with Crippen molar-refractivity contribution in [2.75, 3.05) is 14.2 Å². The molecule has 0 saturated heterocycles. The fraction of sp³-hybridized carbons (Fsp3) is 0.333. The van der Waals surface area contributed by atoms with Gasteiger partial charge in [0.1, 0.15) is 11.5 Å². The van der Waals surface area contributed by atoms with E-state index >= 15 is 0 Å². The summed E-state index contributed by atoms with van der Waals surface area (Å²) >= 11 is 0. The number of hydrogen-bond acceptors (Lipinski definition) is 5. The van der Waals surface area contributed by atoms with Crippen molar-refractivity contribution in [2.45, 2.75) is 20.0 Å². The summed E-state index contributed by atoms with van der Waals surface area (Å²) in [6, 6.07) is 7.02. The first-order valence-electron chi connectivity index (χ1n) is 6.29. The van der Waals surface area contributed by atoms with E-state index in [0.717, 1.165) is 11.1 Å². The van der Waals surface area contributed by atoms with Crippen LogP contribution in [0.5, 0.6) is 11.5 Å². The molecule has 0 fully saturated rings. The van der Waals surface area contributed by atoms with Crippen LogP contribution in [0.2, 0.25) is 0 Å². The van der Waals surface area contributed by atoms with Gasteiger partial charge in [-0.25, -0.2) is 9.78 Å². The van der Waals surface area contributed by atoms with E-state index in [-0.39, 0.29) is 11.8 Å². The van der Waals surface area contributed by atoms with Crippen LogP contribution in [0.3, 0.4) is 0 Å². The maximum Gasteiger partial charge on any atom is 0.356 e. The first-order chi connectivity index (χ1) is 9.55. The third-order valence-electron chi connectivity index (χ3n) is 2.73. The van der Waals surface area contributed by atoms with Gasteiger partial charge in [-0.2, -0.15) is 0 Å². The minimum absolute atomic E-state index is 0.0840. The van der Waals surface area contributed by atoms with Gasteiger partial charge in [-0.1, -0.05) is 0 Å². The van der Waals surface area contributed by atoms with Crippen LogP contribution >= 0.6 is 0 Å². The lowest BCUT2D eigenvalue weighted by Gasteiger charge is -2.12. The smallest absolute Gasteiger partial charge is 0.356 e. The predicted molar refractivity (Wildman–Crippen MR) is 75.4 cm³/mol. The maximum absolute atomic E-state index is 11.6. The molecule has 0 bridgehead atoms. The van der Waals surface area contributed by atoms with E-state index in [2.05, 4.69) is 9.72 Å². The Balaban J connectivity index is 2.55. The van der Waals surface area contributed by atoms with Crippen molar-refractivity contribution in [3.05, 3.63) is 30.0 Å². The van der Waals surface area contributed by atoms with E-state index in [0.29, 0.717) is 11.3 Å². The molecule has 0 amide bonds. The molecule has 0 aliphatic carbocycles. The number of pyridine rings is 1. The molecule has 0 atom stereocenters. The number of methoxy groups -OCH3 is 2. The van der Waals surface area contributed by atoms with Crippen LogP contribution in [0.1, 0.15) is 24.3 Å². The Morgan fingerprint density at radius 3 is 2.55 bits per heavy atom. The lowest BCUT2D eigenvalue weighted by Crippen LogP contribution is -2.07. The molecule has 0 saturated carbocycles. The summed E-state index contributed by atoms with van der Waals surface area (Å²) < 4.78 is 15.6. The molecule has 5 heteroatoms. The highest BCUT2D eigenvalue weighted by atomic mass is 16.5. The molecule has 0 unspecified atom stereocenters. The first-order valence-corrected chi connectivity index (χ1v) is 6.29. The summed E-state index contributed by atoms with van der Waals surface area (Å²) in [4.78, 5) is 15.8. The van der Waals surface area contributed by atoms with Gasteiger partial charge in [-0.3, -0.25) is 0 Å². The number of rotatable bonds is 4. The van der Waals surface area contributed by atoms with Gasteiger partial charge in [0.05, 0.1) is 25.8 Å². The van der Waals surface area contributed by atoms with E-state index in [1.807, 2.05) is 26.0 Å². The highest BCUT2D eigenvalue weighted by Gasteiger charge is 2.13. The average molecular weight is 275 g/mol. The zero-order valence-corrected chi connectivity index (χ0v) is 12.0. The lowest BCUT2D eigenvalue weighted by molar-refractivity contribution is 0.0594. The maximum atomic E-state index is 11.6. The Labute approximate surface area is 117 Å². The number of nitrogens with zero attached hydrogens (tertiary/aromatic N) is 1. The van der Waals surface area contributed by atoms with Crippen LogP contribution in [-0.4, -0.2) is 31.3 Å². The van der Waals surface area contributed by atoms with Gasteiger partial charge >= 0.3 is 5.97 Å². The second-order valence-electron chi connectivity index (χ2n) is 4.55. The summed E-state index contributed by atoms with van der Waals surface area (Å²) in [7, 11) is 2.87. The molecule has 0 spiro atoms. The van der Waals surface area contributed by atoms with Crippen molar-refractivity contribution in [1.29, 1.82) is 0 Å². The monoisotopic (exact) mass is 275 g/mol. The fourth-order valence-electron chi connectivity index (χ4n) is 1.90. The summed E-state index contributed by atoms with van der Waals surface area (Å²) in [6.45, 7) is 3.92. The summed E-state index contributed by atoms with van der Waals surface area (Å²) in [5.74, 6) is 0.802. The summed E-state index contributed by atoms with van der Waals surface area (Å²) in [6.07, 6.45) is 0.0840. The van der Waals surface area contributed by atoms with Crippen molar-refractivity contribution in [2.24, 2.45) is 0 Å². The van der Waals surface area contributed by atoms with E-state index in [9.17, 15) is 4.79 Å². The zero-order valence-electron chi connectivity index (χ0n) is 12.0. The number of esters is 1. The minimum atomic E-state index is -0.493. The van der Waals surface area contributed by atoms with Crippen molar-refractivity contribution >= 4 is 16.9 Å². The molecule has 0 N–H and O–H groups in total. The van der Waals surface area contributed by atoms with Gasteiger partial charge in [-0.15, -0.1) is 0 Å². The van der Waals surface area contributed by atoms with Crippen LogP contribution in [0.4, 0.5) is 0 Å². The van der Waals surface area contributed by atoms with Gasteiger partial charge < -0.3 is 14.2 Å². The SMILES string of the molecule is COC(=O)c1cc(OC)c2cc(OC(C)C)ccc2n1. The second kappa shape index (κ2) is 5.77. The number of fused-ring (bicyclic) bond motifs is 1. The topological polar surface area (TPSA) is 57.7 Å². The second-order valence-corrected chi connectivity index (χ2v) is 4.55. The molecule has 2 rings (SSSR count). The largest absolute Gasteiger partial charge is 0.496 e. The Morgan fingerprint density at radius 2 is 1.95 bits per heavy atom. The van der Waals surface area contributed by atoms with Crippen LogP contribution in [-0.2, 0) is 4.74 Å². The number of aromatic nitrogens is 1. The zero-order chi connectivity index (χ0) is 14.7. The normalized spacial score (nSPS) is 10.7. The van der Waals surface area contributed by atoms with E-state index < -0.39 is 5.97 Å². The van der Waals surface area contributed by atoms with Crippen molar-refractivity contribution in [3.63, 3.8) is 0 Å². The van der Waals surface area contributed by atoms with Crippen LogP contribution < -0.4 is 9.47 Å². The van der Waals surface area contributed by atoms with Crippen molar-refractivity contribution in [1.82, 2.24) is 4.98 Å². The molecule has 0 aliphatic heterocycles. The number of carbonyl (C=O) groups is 1. The lowest BCUT2D eigenvalue weighted by atomic mass is 10.1. The Bertz CT molecular complexity index is 637. The molecule has 1 heterocycles. The third kappa shape index (κ3) is 2.82. The van der Waals surface area contributed by atoms with Gasteiger partial charge in [0.2, 0.25) is 0 Å². The first kappa shape index (κ1) is 14.1. The fourth-order valence-corrected chi connectivity index (χ4v) is 1.90. The summed E-state index contributed by atoms with van der Waals surface area (Å²) in [5.41, 5.74) is 0.871. The Hall–Kier alpha value is -2.30. The number of hydrogen-bond donors (Lipinski definition) is 0. The van der Waals surface area contributed by atoms with Crippen molar-refractivity contribution in [3.8, 4) is 11.5 Å². The summed E-state index contributed by atoms with van der Waals surface area (Å²) in [5, 5.41) is 0.790. The third-order valence-corrected chi connectivity index (χ3v) is 2.73. The molecule has 5 nitrogen and oxygen atoms in total. The number of benzene rings is 1. The molecular formula is C15H17NO4. The van der Waals surface area contributed by atoms with Gasteiger partial charge in [-0.05, 0) is 32.0 Å². The molecule has 0 radical (unpaired) electrons. The number of ether oxygens (including phenoxy) is 3. The standard InChI is InChI=1S/C15H17NO4/c1-9(2)20-10-5-6-12-11(7-10)14(18-3)8-13(16-12)15(17)19-4/h5-9H,1-4H3. The van der Waals surface area contributed by atoms with Crippen LogP contribution in [0.15, 0.2) is 24.3 Å². The molecule has 1 aromatic heterocycles. The predicted octanol–water partition coefficient (Wildman–Crippen LogP) is 2.82. The average Bonchev–Trinajstić information content (AvgIpc) is 2.44. The van der Waals surface area contributed by atoms with Gasteiger partial charge in [0, 0.05) is 11.5 Å². The van der Waals surface area contributed by atoms with Gasteiger partial charge in [0.15, 0.2) is 5.69 Å². The highest BCUT2D eigenvalue weighted by Crippen LogP contribution is 2.29. The molecule has 0 aliphatic rings. The Kier molecular flexibility index (Phi) is 4.08. The molecule has 1 aromatic carbocycles. The van der Waals surface area contributed by atoms with Gasteiger partial charge in [0.25, 0.3) is 0 Å². The van der Waals surface area contributed by atoms with E-state index in [4.69, 9.17) is 9.47 Å². The Morgan fingerprint density at radius 1 is 1.20 bits per heavy atom. The molecular weight excluding hydrogens is 258 g/mol. The molecule has 20 heavy (non-hydrogen) atoms. The highest BCUT2D eigenvalue weighted by molar-refractivity contribution is 5.94. The van der Waals surface area contributed by atoms with Crippen molar-refractivity contribution < 1.29 is 19.0 Å². The van der Waals surface area contributed by atoms with E-state index in [1.165, 1.54) is 7.11 Å². The molecule has 2 aromatic rings. The van der Waals surface area contributed by atoms with Crippen LogP contribution in [0, 0.1) is 0 Å². The van der Waals surface area contributed by atoms with E-state index in [1.54, 1.807) is 19.2 Å². The number of carbonyl (C=O) groups excluding carboxylic acids is 1. The molecule has 106 valence electrons. The van der Waals surface area contributed by atoms with Crippen LogP contribution in [0.25, 0.3) is 10.9 Å². The quantitative estimate of drug-likeness (QED) is 0.803. The minimum Gasteiger partial charge on any atom is -0.496 e.